The molecule has 0 bridgehead atoms. The predicted octanol–water partition coefficient (Wildman–Crippen LogP) is 2.53. The van der Waals surface area contributed by atoms with E-state index in [2.05, 4.69) is 5.43 Å². The molecule has 1 aromatic carbocycles. The quantitative estimate of drug-likeness (QED) is 0.592. The van der Waals surface area contributed by atoms with Crippen LogP contribution in [0, 0.1) is 17.6 Å². The Hall–Kier alpha value is -1.00. The van der Waals surface area contributed by atoms with Gasteiger partial charge in [-0.25, -0.2) is 8.78 Å². The molecule has 2 nitrogen and oxygen atoms in total. The highest BCUT2D eigenvalue weighted by Crippen LogP contribution is 2.34. The molecular weight excluding hydrogens is 222 g/mol. The van der Waals surface area contributed by atoms with E-state index in [4.69, 9.17) is 5.84 Å². The maximum Gasteiger partial charge on any atom is 0.162 e. The van der Waals surface area contributed by atoms with Gasteiger partial charge in [0.25, 0.3) is 0 Å². The lowest BCUT2D eigenvalue weighted by atomic mass is 10.0. The lowest BCUT2D eigenvalue weighted by molar-refractivity contribution is 0.444. The van der Waals surface area contributed by atoms with Crippen LogP contribution in [-0.4, -0.2) is 6.04 Å². The van der Waals surface area contributed by atoms with E-state index in [0.29, 0.717) is 12.0 Å². The van der Waals surface area contributed by atoms with E-state index in [1.807, 2.05) is 0 Å². The van der Waals surface area contributed by atoms with Crippen LogP contribution in [0.5, 0.6) is 0 Å². The Morgan fingerprint density at radius 1 is 1.35 bits per heavy atom. The van der Waals surface area contributed by atoms with Crippen molar-refractivity contribution < 1.29 is 8.78 Å². The first-order valence-corrected chi connectivity index (χ1v) is 6.09. The van der Waals surface area contributed by atoms with Gasteiger partial charge in [0.1, 0.15) is 0 Å². The second-order valence-electron chi connectivity index (χ2n) is 4.80. The molecular formula is C13H18F2N2. The van der Waals surface area contributed by atoms with Crippen LogP contribution in [-0.2, 0) is 6.42 Å². The molecule has 2 rings (SSSR count). The van der Waals surface area contributed by atoms with Crippen LogP contribution >= 0.6 is 0 Å². The number of nitrogens with two attached hydrogens (primary N) is 1. The summed E-state index contributed by atoms with van der Waals surface area (Å²) in [5.41, 5.74) is 3.08. The van der Waals surface area contributed by atoms with Gasteiger partial charge in [0, 0.05) is 6.04 Å². The largest absolute Gasteiger partial charge is 0.271 e. The third-order valence-corrected chi connectivity index (χ3v) is 3.35. The highest BCUT2D eigenvalue weighted by atomic mass is 19.2. The number of halogens is 2. The summed E-state index contributed by atoms with van der Waals surface area (Å²) >= 11 is 0. The van der Waals surface area contributed by atoms with Crippen LogP contribution < -0.4 is 11.3 Å². The Labute approximate surface area is 100 Å². The van der Waals surface area contributed by atoms with Crippen LogP contribution in [0.15, 0.2) is 18.2 Å². The average molecular weight is 240 g/mol. The third-order valence-electron chi connectivity index (χ3n) is 3.35. The number of hydrogen-bond donors (Lipinski definition) is 2. The highest BCUT2D eigenvalue weighted by Gasteiger charge is 2.22. The zero-order valence-electron chi connectivity index (χ0n) is 9.76. The van der Waals surface area contributed by atoms with E-state index >= 15 is 0 Å². The van der Waals surface area contributed by atoms with Crippen LogP contribution in [0.1, 0.15) is 31.2 Å². The van der Waals surface area contributed by atoms with Crippen molar-refractivity contribution >= 4 is 0 Å². The predicted molar refractivity (Wildman–Crippen MR) is 63.1 cm³/mol. The van der Waals surface area contributed by atoms with Gasteiger partial charge >= 0.3 is 0 Å². The molecule has 0 amide bonds. The normalized spacial score (nSPS) is 17.1. The SMILES string of the molecule is NNC(CCC1CC1)Cc1cccc(F)c1F. The van der Waals surface area contributed by atoms with Crippen LogP contribution in [0.3, 0.4) is 0 Å². The maximum atomic E-state index is 13.5. The fourth-order valence-electron chi connectivity index (χ4n) is 2.06. The summed E-state index contributed by atoms with van der Waals surface area (Å²) in [6.45, 7) is 0. The van der Waals surface area contributed by atoms with Gasteiger partial charge in [0.2, 0.25) is 0 Å². The summed E-state index contributed by atoms with van der Waals surface area (Å²) in [5, 5.41) is 0. The van der Waals surface area contributed by atoms with Gasteiger partial charge < -0.3 is 0 Å². The first kappa shape index (κ1) is 12.5. The van der Waals surface area contributed by atoms with E-state index in [-0.39, 0.29) is 6.04 Å². The molecule has 1 atom stereocenters. The van der Waals surface area contributed by atoms with Gasteiger partial charge in [-0.3, -0.25) is 11.3 Å². The molecule has 4 heteroatoms. The summed E-state index contributed by atoms with van der Waals surface area (Å²) in [4.78, 5) is 0. The van der Waals surface area contributed by atoms with Gasteiger partial charge in [-0.2, -0.15) is 0 Å². The molecule has 17 heavy (non-hydrogen) atoms. The van der Waals surface area contributed by atoms with Gasteiger partial charge in [0.15, 0.2) is 11.6 Å². The van der Waals surface area contributed by atoms with Crippen LogP contribution in [0.25, 0.3) is 0 Å². The molecule has 0 heterocycles. The summed E-state index contributed by atoms with van der Waals surface area (Å²) in [6.07, 6.45) is 5.06. The Bertz CT molecular complexity index is 378. The van der Waals surface area contributed by atoms with Gasteiger partial charge in [-0.15, -0.1) is 0 Å². The van der Waals surface area contributed by atoms with Gasteiger partial charge in [-0.05, 0) is 36.8 Å². The minimum Gasteiger partial charge on any atom is -0.271 e. The van der Waals surface area contributed by atoms with Crippen molar-refractivity contribution in [1.82, 2.24) is 5.43 Å². The monoisotopic (exact) mass is 240 g/mol. The molecule has 0 spiro atoms. The minimum atomic E-state index is -0.791. The van der Waals surface area contributed by atoms with Crippen LogP contribution in [0.4, 0.5) is 8.78 Å². The Morgan fingerprint density at radius 3 is 2.76 bits per heavy atom. The molecule has 1 saturated carbocycles. The molecule has 3 N–H and O–H groups in total. The number of hydrazine groups is 1. The summed E-state index contributed by atoms with van der Waals surface area (Å²) in [7, 11) is 0. The smallest absolute Gasteiger partial charge is 0.162 e. The van der Waals surface area contributed by atoms with E-state index in [9.17, 15) is 8.78 Å². The Kier molecular flexibility index (Phi) is 4.07. The van der Waals surface area contributed by atoms with E-state index < -0.39 is 11.6 Å². The van der Waals surface area contributed by atoms with E-state index in [0.717, 1.165) is 24.8 Å². The molecule has 0 aromatic heterocycles. The fraction of sp³-hybridized carbons (Fsp3) is 0.538. The zero-order valence-corrected chi connectivity index (χ0v) is 9.76. The Balaban J connectivity index is 1.93. The van der Waals surface area contributed by atoms with E-state index in [1.54, 1.807) is 6.07 Å². The van der Waals surface area contributed by atoms with Crippen molar-refractivity contribution in [3.63, 3.8) is 0 Å². The standard InChI is InChI=1S/C13H18F2N2/c14-12-3-1-2-10(13(12)15)8-11(17-16)7-6-9-4-5-9/h1-3,9,11,17H,4-8,16H2. The first-order chi connectivity index (χ1) is 8.20. The van der Waals surface area contributed by atoms with Gasteiger partial charge in [-0.1, -0.05) is 25.0 Å². The molecule has 0 saturated heterocycles. The number of rotatable bonds is 6. The summed E-state index contributed by atoms with van der Waals surface area (Å²) in [6, 6.07) is 4.29. The van der Waals surface area contributed by atoms with Crippen molar-refractivity contribution in [2.45, 2.75) is 38.1 Å². The van der Waals surface area contributed by atoms with E-state index in [1.165, 1.54) is 18.9 Å². The average Bonchev–Trinajstić information content (AvgIpc) is 3.13. The summed E-state index contributed by atoms with van der Waals surface area (Å²) in [5.74, 6) is 4.73. The molecule has 0 radical (unpaired) electrons. The van der Waals surface area contributed by atoms with Crippen LogP contribution in [0.2, 0.25) is 0 Å². The second kappa shape index (κ2) is 5.56. The molecule has 1 fully saturated rings. The maximum absolute atomic E-state index is 13.5. The second-order valence-corrected chi connectivity index (χ2v) is 4.80. The van der Waals surface area contributed by atoms with Crippen molar-refractivity contribution in [3.8, 4) is 0 Å². The van der Waals surface area contributed by atoms with Crippen molar-refractivity contribution in [3.05, 3.63) is 35.4 Å². The number of benzene rings is 1. The molecule has 1 aromatic rings. The first-order valence-electron chi connectivity index (χ1n) is 6.09. The van der Waals surface area contributed by atoms with Crippen molar-refractivity contribution in [2.75, 3.05) is 0 Å². The molecule has 1 unspecified atom stereocenters. The lowest BCUT2D eigenvalue weighted by Crippen LogP contribution is -2.37. The van der Waals surface area contributed by atoms with Gasteiger partial charge in [0.05, 0.1) is 0 Å². The molecule has 1 aliphatic carbocycles. The molecule has 94 valence electrons. The topological polar surface area (TPSA) is 38.0 Å². The fourth-order valence-corrected chi connectivity index (χ4v) is 2.06. The lowest BCUT2D eigenvalue weighted by Gasteiger charge is -2.16. The minimum absolute atomic E-state index is 0.0203. The van der Waals surface area contributed by atoms with Crippen molar-refractivity contribution in [2.24, 2.45) is 11.8 Å². The molecule has 0 aliphatic heterocycles. The zero-order chi connectivity index (χ0) is 12.3. The molecule has 1 aliphatic rings. The number of nitrogens with one attached hydrogen (secondary N) is 1. The Morgan fingerprint density at radius 2 is 2.12 bits per heavy atom. The van der Waals surface area contributed by atoms with Crippen molar-refractivity contribution in [1.29, 1.82) is 0 Å². The highest BCUT2D eigenvalue weighted by molar-refractivity contribution is 5.20. The third kappa shape index (κ3) is 3.48. The number of hydrogen-bond acceptors (Lipinski definition) is 2. The summed E-state index contributed by atoms with van der Waals surface area (Å²) < 4.78 is 26.5.